The minimum Gasteiger partial charge on any atom is -0.394 e. The minimum absolute atomic E-state index is 1.05. The highest BCUT2D eigenvalue weighted by molar-refractivity contribution is 5.01. The molecule has 0 spiro atoms. The lowest BCUT2D eigenvalue weighted by Crippen LogP contribution is -2.68. The Morgan fingerprint density at radius 2 is 0.260 bits per heavy atom. The van der Waals surface area contributed by atoms with Crippen LogP contribution in [0.1, 0.15) is 0 Å². The van der Waals surface area contributed by atoms with E-state index in [4.69, 9.17) is 66.3 Å². The Bertz CT molecular complexity index is 1470. The molecule has 21 saturated heterocycles. The zero-order valence-electron chi connectivity index (χ0n) is 40.3. The van der Waals surface area contributed by atoms with Gasteiger partial charge in [-0.05, 0) is 0 Å². The lowest BCUT2D eigenvalue weighted by atomic mass is 9.95. The van der Waals surface area contributed by atoms with Crippen molar-refractivity contribution in [1.29, 1.82) is 0 Å². The van der Waals surface area contributed by atoms with Gasteiger partial charge in [0.1, 0.15) is 171 Å². The number of hydrogen-bond donors (Lipinski definition) is 21. The molecule has 16 unspecified atom stereocenters. The van der Waals surface area contributed by atoms with Crippen molar-refractivity contribution in [2.75, 3.05) is 46.2 Å². The topological polar surface area (TPSA) is 554 Å². The number of aliphatic hydroxyl groups is 21. The minimum atomic E-state index is -2.21. The third-order valence-corrected chi connectivity index (χ3v) is 14.8. The van der Waals surface area contributed by atoms with Gasteiger partial charge in [-0.15, -0.1) is 0 Å². The van der Waals surface area contributed by atoms with Crippen LogP contribution in [0.5, 0.6) is 0 Å². The first-order chi connectivity index (χ1) is 36.7. The van der Waals surface area contributed by atoms with Crippen molar-refractivity contribution in [1.82, 2.24) is 0 Å². The van der Waals surface area contributed by atoms with Gasteiger partial charge in [-0.3, -0.25) is 0 Å². The molecule has 35 heteroatoms. The van der Waals surface area contributed by atoms with Gasteiger partial charge in [0, 0.05) is 0 Å². The van der Waals surface area contributed by atoms with Crippen LogP contribution in [-0.4, -0.2) is 368 Å². The zero-order valence-corrected chi connectivity index (χ0v) is 40.3. The van der Waals surface area contributed by atoms with Gasteiger partial charge in [-0.2, -0.15) is 0 Å². The second kappa shape index (κ2) is 26.0. The van der Waals surface area contributed by atoms with E-state index in [0.717, 1.165) is 0 Å². The zero-order chi connectivity index (χ0) is 56.1. The van der Waals surface area contributed by atoms with Crippen LogP contribution in [0.15, 0.2) is 0 Å². The van der Waals surface area contributed by atoms with Crippen LogP contribution in [0.4, 0.5) is 0 Å². The Morgan fingerprint density at radius 3 is 0.351 bits per heavy atom. The standard InChI is InChI=1S/C42H70O35/c43-1-8-29-15(50)22(57)36(64-8)72-30-9(2-44)66-38(24(59)17(30)52)74-32-11(4-46)68-40(26(61)19(32)54)76-34-13(6-48)70-42(28(63)21(34)56)77-35-14(7-49)69-41(27(62)20(35)55)75-33-12(5-47)67-39(25(60)18(33)53)73-31-10(3-45)65-37(71-29)23(58)16(31)51/h8-63H,1-7H2/t8-,9-,10-,11-,12-,13-,14-,15-,16-,17-,18-,19-,20-,21?,22?,23?,24-,25-,26?,27?,28-,29?,30?,31-,32?,33?,34?,35-,36?,37?,38?,39?,40?,41+,42?/m1/s1. The number of rotatable bonds is 7. The van der Waals surface area contributed by atoms with E-state index in [1.807, 2.05) is 0 Å². The van der Waals surface area contributed by atoms with Gasteiger partial charge in [0.25, 0.3) is 0 Å². The van der Waals surface area contributed by atoms with Crippen LogP contribution in [0.25, 0.3) is 0 Å². The van der Waals surface area contributed by atoms with Crippen LogP contribution in [0, 0.1) is 0 Å². The molecular formula is C42H70O35. The lowest BCUT2D eigenvalue weighted by Gasteiger charge is -2.50. The van der Waals surface area contributed by atoms with Crippen molar-refractivity contribution in [3.8, 4) is 0 Å². The first-order valence-corrected chi connectivity index (χ1v) is 24.6. The Hall–Kier alpha value is -1.40. The van der Waals surface area contributed by atoms with E-state index < -0.39 is 261 Å². The molecule has 0 saturated carbocycles. The van der Waals surface area contributed by atoms with Crippen LogP contribution in [0.3, 0.4) is 0 Å². The molecule has 0 aliphatic carbocycles. The van der Waals surface area contributed by atoms with Crippen LogP contribution in [0.2, 0.25) is 0 Å². The van der Waals surface area contributed by atoms with E-state index in [1.54, 1.807) is 0 Å². The third-order valence-electron chi connectivity index (χ3n) is 14.8. The molecular weight excluding hydrogens is 1060 g/mol. The van der Waals surface area contributed by atoms with Crippen molar-refractivity contribution >= 4 is 0 Å². The maximum atomic E-state index is 11.3. The largest absolute Gasteiger partial charge is 0.394 e. The Kier molecular flexibility index (Phi) is 20.8. The van der Waals surface area contributed by atoms with E-state index in [-0.39, 0.29) is 0 Å². The molecule has 35 atom stereocenters. The molecule has 448 valence electrons. The van der Waals surface area contributed by atoms with Crippen molar-refractivity contribution in [2.45, 2.75) is 215 Å². The molecule has 0 radical (unpaired) electrons. The molecule has 35 nitrogen and oxygen atoms in total. The maximum absolute atomic E-state index is 11.3. The molecule has 77 heavy (non-hydrogen) atoms. The summed E-state index contributed by atoms with van der Waals surface area (Å²) in [5.41, 5.74) is 0. The quantitative estimate of drug-likeness (QED) is 0.113. The van der Waals surface area contributed by atoms with Gasteiger partial charge in [-0.1, -0.05) is 0 Å². The summed E-state index contributed by atoms with van der Waals surface area (Å²) in [5, 5.41) is 230. The molecule has 21 fully saturated rings. The van der Waals surface area contributed by atoms with E-state index in [2.05, 4.69) is 0 Å². The van der Waals surface area contributed by atoms with Crippen molar-refractivity contribution in [3.63, 3.8) is 0 Å². The summed E-state index contributed by atoms with van der Waals surface area (Å²) in [7, 11) is 0. The Labute approximate surface area is 434 Å². The van der Waals surface area contributed by atoms with Gasteiger partial charge in [0.2, 0.25) is 0 Å². The fourth-order valence-corrected chi connectivity index (χ4v) is 10.4. The summed E-state index contributed by atoms with van der Waals surface area (Å²) < 4.78 is 79.5. The summed E-state index contributed by atoms with van der Waals surface area (Å²) in [4.78, 5) is 0. The summed E-state index contributed by atoms with van der Waals surface area (Å²) in [6.45, 7) is -7.33. The van der Waals surface area contributed by atoms with E-state index in [9.17, 15) is 107 Å². The highest BCUT2D eigenvalue weighted by atomic mass is 16.8. The number of hydrogen-bond acceptors (Lipinski definition) is 35. The smallest absolute Gasteiger partial charge is 0.187 e. The van der Waals surface area contributed by atoms with Crippen molar-refractivity contribution in [3.05, 3.63) is 0 Å². The summed E-state index contributed by atoms with van der Waals surface area (Å²) in [5.74, 6) is 0. The van der Waals surface area contributed by atoms with Gasteiger partial charge in [0.05, 0.1) is 46.2 Å². The first-order valence-electron chi connectivity index (χ1n) is 24.6. The highest BCUT2D eigenvalue weighted by Crippen LogP contribution is 2.39. The van der Waals surface area contributed by atoms with E-state index >= 15 is 0 Å². The van der Waals surface area contributed by atoms with Gasteiger partial charge in [0.15, 0.2) is 44.0 Å². The van der Waals surface area contributed by atoms with Gasteiger partial charge in [-0.25, -0.2) is 0 Å². The lowest BCUT2D eigenvalue weighted by molar-refractivity contribution is -0.396. The highest BCUT2D eigenvalue weighted by Gasteiger charge is 2.59. The molecule has 21 aliphatic rings. The molecule has 21 heterocycles. The van der Waals surface area contributed by atoms with Crippen LogP contribution in [-0.2, 0) is 66.3 Å². The monoisotopic (exact) mass is 1130 g/mol. The Morgan fingerprint density at radius 1 is 0.156 bits per heavy atom. The average molecular weight is 1130 g/mol. The molecule has 0 aromatic rings. The molecule has 0 aromatic heterocycles. The van der Waals surface area contributed by atoms with Gasteiger partial charge >= 0.3 is 0 Å². The number of aliphatic hydroxyl groups excluding tert-OH is 21. The fraction of sp³-hybridized carbons (Fsp3) is 1.00. The SMILES string of the molecule is OC[C@H]1OC2O[C@H]3[C@H](O)C(O)[C@H](OC4[C@@H](CO)OC(O[C@H]5[C@H](O)C(O)C(OC6[C@H](O)C(O)C(OC7[C@@H](CO)OC(OC8[C@H](O)C(O)C(OC1C(O)[C@H]2O)O[C@@H]8CO)[C@H](O)[C@H]7O)O[C@@H]6CO)O[C@@H]5CO)[C@H](O)[C@H]4O)O[C@@H]3CO. The molecule has 21 N–H and O–H groups in total. The number of ether oxygens (including phenoxy) is 14. The summed E-state index contributed by atoms with van der Waals surface area (Å²) >= 11 is 0. The summed E-state index contributed by atoms with van der Waals surface area (Å²) in [6, 6.07) is 0. The van der Waals surface area contributed by atoms with E-state index in [0.29, 0.717) is 0 Å². The normalized spacial score (nSPS) is 55.4. The predicted molar refractivity (Wildman–Crippen MR) is 228 cm³/mol. The molecule has 14 bridgehead atoms. The molecule has 0 amide bonds. The fourth-order valence-electron chi connectivity index (χ4n) is 10.4. The maximum Gasteiger partial charge on any atom is 0.187 e. The molecule has 21 aliphatic heterocycles. The Balaban J connectivity index is 1.08. The van der Waals surface area contributed by atoms with E-state index in [1.165, 1.54) is 0 Å². The summed E-state index contributed by atoms with van der Waals surface area (Å²) in [6.07, 6.45) is -70.2. The second-order valence-electron chi connectivity index (χ2n) is 19.7. The van der Waals surface area contributed by atoms with Crippen molar-refractivity contribution < 1.29 is 174 Å². The first kappa shape index (κ1) is 61.7. The molecule has 0 aromatic carbocycles. The second-order valence-corrected chi connectivity index (χ2v) is 19.7. The van der Waals surface area contributed by atoms with Crippen LogP contribution >= 0.6 is 0 Å². The van der Waals surface area contributed by atoms with Crippen LogP contribution < -0.4 is 0 Å². The third kappa shape index (κ3) is 12.1. The van der Waals surface area contributed by atoms with Crippen molar-refractivity contribution in [2.24, 2.45) is 0 Å². The molecule has 21 rings (SSSR count). The predicted octanol–water partition coefficient (Wildman–Crippen LogP) is -15.2. The average Bonchev–Trinajstić information content (AvgIpc) is 3.42. The van der Waals surface area contributed by atoms with Gasteiger partial charge < -0.3 is 174 Å².